The van der Waals surface area contributed by atoms with Crippen LogP contribution < -0.4 is 5.32 Å². The average molecular weight is 393 g/mol. The number of rotatable bonds is 5. The quantitative estimate of drug-likeness (QED) is 0.793. The number of sulfonamides is 1. The van der Waals surface area contributed by atoms with E-state index in [2.05, 4.69) is 5.32 Å². The number of carbonyl (C=O) groups excluding carboxylic acids is 2. The van der Waals surface area contributed by atoms with Crippen molar-refractivity contribution in [3.05, 3.63) is 46.8 Å². The van der Waals surface area contributed by atoms with Gasteiger partial charge in [-0.2, -0.15) is 4.31 Å². The summed E-state index contributed by atoms with van der Waals surface area (Å²) in [5.74, 6) is -0.473. The Morgan fingerprint density at radius 3 is 2.65 bits per heavy atom. The van der Waals surface area contributed by atoms with Crippen molar-refractivity contribution < 1.29 is 18.0 Å². The Labute approximate surface area is 156 Å². The zero-order valence-corrected chi connectivity index (χ0v) is 16.2. The highest BCUT2D eigenvalue weighted by molar-refractivity contribution is 7.91. The van der Waals surface area contributed by atoms with Crippen LogP contribution in [0.3, 0.4) is 0 Å². The Morgan fingerprint density at radius 1 is 1.23 bits per heavy atom. The van der Waals surface area contributed by atoms with Gasteiger partial charge in [-0.3, -0.25) is 9.59 Å². The van der Waals surface area contributed by atoms with E-state index in [9.17, 15) is 18.0 Å². The molecule has 1 unspecified atom stereocenters. The van der Waals surface area contributed by atoms with Gasteiger partial charge in [-0.1, -0.05) is 12.1 Å². The SMILES string of the molecule is CC(=O)c1cccc(NC(=O)C2CCCN2S(=O)(=O)c2ccc(C)s2)c1. The molecule has 1 aliphatic rings. The predicted octanol–water partition coefficient (Wildman–Crippen LogP) is 3.05. The first-order chi connectivity index (χ1) is 12.3. The fourth-order valence-corrected chi connectivity index (χ4v) is 6.07. The minimum absolute atomic E-state index is 0.0979. The minimum Gasteiger partial charge on any atom is -0.325 e. The number of carbonyl (C=O) groups is 2. The number of ketones is 1. The Bertz CT molecular complexity index is 950. The van der Waals surface area contributed by atoms with Gasteiger partial charge in [0.1, 0.15) is 10.3 Å². The zero-order valence-electron chi connectivity index (χ0n) is 14.6. The molecule has 2 aromatic rings. The molecule has 2 heterocycles. The van der Waals surface area contributed by atoms with E-state index in [0.717, 1.165) is 4.88 Å². The van der Waals surface area contributed by atoms with Crippen LogP contribution in [0, 0.1) is 6.92 Å². The highest BCUT2D eigenvalue weighted by Crippen LogP contribution is 2.30. The fraction of sp³-hybridized carbons (Fsp3) is 0.333. The lowest BCUT2D eigenvalue weighted by Gasteiger charge is -2.22. The normalized spacial score (nSPS) is 18.0. The number of amides is 1. The van der Waals surface area contributed by atoms with Crippen LogP contribution >= 0.6 is 11.3 Å². The summed E-state index contributed by atoms with van der Waals surface area (Å²) in [6, 6.07) is 9.23. The molecule has 0 radical (unpaired) electrons. The maximum Gasteiger partial charge on any atom is 0.253 e. The van der Waals surface area contributed by atoms with Crippen molar-refractivity contribution in [2.45, 2.75) is 36.9 Å². The number of hydrogen-bond donors (Lipinski definition) is 1. The van der Waals surface area contributed by atoms with Crippen LogP contribution in [0.25, 0.3) is 0 Å². The summed E-state index contributed by atoms with van der Waals surface area (Å²) >= 11 is 1.21. The maximum absolute atomic E-state index is 12.9. The molecule has 26 heavy (non-hydrogen) atoms. The number of anilines is 1. The van der Waals surface area contributed by atoms with Gasteiger partial charge in [0, 0.05) is 22.7 Å². The molecular weight excluding hydrogens is 372 g/mol. The van der Waals surface area contributed by atoms with Crippen LogP contribution in [-0.2, 0) is 14.8 Å². The Morgan fingerprint density at radius 2 is 2.00 bits per heavy atom. The molecule has 0 spiro atoms. The monoisotopic (exact) mass is 392 g/mol. The summed E-state index contributed by atoms with van der Waals surface area (Å²) in [4.78, 5) is 25.1. The van der Waals surface area contributed by atoms with Gasteiger partial charge in [-0.25, -0.2) is 8.42 Å². The molecule has 1 fully saturated rings. The van der Waals surface area contributed by atoms with Crippen molar-refractivity contribution in [2.75, 3.05) is 11.9 Å². The highest BCUT2D eigenvalue weighted by Gasteiger charge is 2.40. The molecular formula is C18H20N2O4S2. The molecule has 0 aliphatic carbocycles. The van der Waals surface area contributed by atoms with E-state index in [1.807, 2.05) is 6.92 Å². The first-order valence-electron chi connectivity index (χ1n) is 8.29. The van der Waals surface area contributed by atoms with Gasteiger partial charge in [0.15, 0.2) is 5.78 Å². The summed E-state index contributed by atoms with van der Waals surface area (Å²) in [6.07, 6.45) is 1.11. The third kappa shape index (κ3) is 3.72. The van der Waals surface area contributed by atoms with E-state index in [-0.39, 0.29) is 15.9 Å². The van der Waals surface area contributed by atoms with Crippen molar-refractivity contribution in [1.29, 1.82) is 0 Å². The molecule has 0 saturated carbocycles. The summed E-state index contributed by atoms with van der Waals surface area (Å²) in [7, 11) is -3.69. The van der Waals surface area contributed by atoms with Gasteiger partial charge in [0.05, 0.1) is 0 Å². The molecule has 8 heteroatoms. The number of nitrogens with zero attached hydrogens (tertiary/aromatic N) is 1. The second-order valence-corrected chi connectivity index (χ2v) is 9.67. The van der Waals surface area contributed by atoms with E-state index >= 15 is 0 Å². The van der Waals surface area contributed by atoms with Crippen molar-refractivity contribution in [3.8, 4) is 0 Å². The Kier molecular flexibility index (Phi) is 5.27. The largest absolute Gasteiger partial charge is 0.325 e. The lowest BCUT2D eigenvalue weighted by molar-refractivity contribution is -0.119. The molecule has 3 rings (SSSR count). The Balaban J connectivity index is 1.80. The van der Waals surface area contributed by atoms with Crippen LogP contribution in [-0.4, -0.2) is 37.0 Å². The van der Waals surface area contributed by atoms with Crippen molar-refractivity contribution in [1.82, 2.24) is 4.31 Å². The standard InChI is InChI=1S/C18H20N2O4S2/c1-12-8-9-17(25-12)26(23,24)20-10-4-7-16(20)18(22)19-15-6-3-5-14(11-15)13(2)21/h3,5-6,8-9,11,16H,4,7,10H2,1-2H3,(H,19,22). The van der Waals surface area contributed by atoms with Crippen LogP contribution in [0.2, 0.25) is 0 Å². The fourth-order valence-electron chi connectivity index (χ4n) is 3.00. The number of aryl methyl sites for hydroxylation is 1. The molecule has 1 N–H and O–H groups in total. The molecule has 0 bridgehead atoms. The van der Waals surface area contributed by atoms with E-state index in [0.29, 0.717) is 30.6 Å². The van der Waals surface area contributed by atoms with Crippen LogP contribution in [0.5, 0.6) is 0 Å². The molecule has 1 saturated heterocycles. The van der Waals surface area contributed by atoms with E-state index in [1.54, 1.807) is 36.4 Å². The van der Waals surface area contributed by atoms with Crippen LogP contribution in [0.15, 0.2) is 40.6 Å². The number of hydrogen-bond acceptors (Lipinski definition) is 5. The van der Waals surface area contributed by atoms with Gasteiger partial charge < -0.3 is 5.32 Å². The summed E-state index contributed by atoms with van der Waals surface area (Å²) in [5, 5.41) is 2.74. The summed E-state index contributed by atoms with van der Waals surface area (Å²) < 4.78 is 27.3. The second kappa shape index (κ2) is 7.30. The Hall–Kier alpha value is -2.03. The second-order valence-electron chi connectivity index (χ2n) is 6.27. The van der Waals surface area contributed by atoms with Crippen molar-refractivity contribution in [2.24, 2.45) is 0 Å². The topological polar surface area (TPSA) is 83.6 Å². The molecule has 6 nitrogen and oxygen atoms in total. The zero-order chi connectivity index (χ0) is 18.9. The van der Waals surface area contributed by atoms with Gasteiger partial charge in [0.2, 0.25) is 5.91 Å². The van der Waals surface area contributed by atoms with Crippen LogP contribution in [0.1, 0.15) is 35.0 Å². The molecule has 1 amide bonds. The summed E-state index contributed by atoms with van der Waals surface area (Å²) in [5.41, 5.74) is 0.978. The number of Topliss-reactive ketones (excluding diaryl/α,β-unsaturated/α-hetero) is 1. The van der Waals surface area contributed by atoms with E-state index in [4.69, 9.17) is 0 Å². The van der Waals surface area contributed by atoms with Gasteiger partial charge >= 0.3 is 0 Å². The van der Waals surface area contributed by atoms with E-state index < -0.39 is 16.1 Å². The third-order valence-corrected chi connectivity index (χ3v) is 7.70. The van der Waals surface area contributed by atoms with Gasteiger partial charge in [-0.05, 0) is 51.0 Å². The van der Waals surface area contributed by atoms with Crippen molar-refractivity contribution in [3.63, 3.8) is 0 Å². The molecule has 138 valence electrons. The lowest BCUT2D eigenvalue weighted by atomic mass is 10.1. The molecule has 1 aliphatic heterocycles. The smallest absolute Gasteiger partial charge is 0.253 e. The number of benzene rings is 1. The first-order valence-corrected chi connectivity index (χ1v) is 10.5. The van der Waals surface area contributed by atoms with Gasteiger partial charge in [0.25, 0.3) is 10.0 Å². The average Bonchev–Trinajstić information content (AvgIpc) is 3.24. The minimum atomic E-state index is -3.69. The maximum atomic E-state index is 12.9. The molecule has 1 aromatic heterocycles. The van der Waals surface area contributed by atoms with Crippen LogP contribution in [0.4, 0.5) is 5.69 Å². The molecule has 1 aromatic carbocycles. The van der Waals surface area contributed by atoms with E-state index in [1.165, 1.54) is 22.6 Å². The highest BCUT2D eigenvalue weighted by atomic mass is 32.2. The molecule has 1 atom stereocenters. The first kappa shape index (κ1) is 18.8. The van der Waals surface area contributed by atoms with Gasteiger partial charge in [-0.15, -0.1) is 11.3 Å². The lowest BCUT2D eigenvalue weighted by Crippen LogP contribution is -2.42. The third-order valence-electron chi connectivity index (χ3n) is 4.32. The summed E-state index contributed by atoms with van der Waals surface area (Å²) in [6.45, 7) is 3.62. The predicted molar refractivity (Wildman–Crippen MR) is 101 cm³/mol. The number of thiophene rings is 1. The van der Waals surface area contributed by atoms with Crippen molar-refractivity contribution >= 4 is 38.7 Å². The number of nitrogens with one attached hydrogen (secondary N) is 1.